The first-order valence-corrected chi connectivity index (χ1v) is 6.71. The van der Waals surface area contributed by atoms with Gasteiger partial charge in [-0.15, -0.1) is 5.10 Å². The Morgan fingerprint density at radius 2 is 1.83 bits per heavy atom. The van der Waals surface area contributed by atoms with Crippen molar-refractivity contribution in [3.8, 4) is 0 Å². The van der Waals surface area contributed by atoms with Crippen molar-refractivity contribution in [3.63, 3.8) is 0 Å². The lowest BCUT2D eigenvalue weighted by Crippen LogP contribution is -2.10. The van der Waals surface area contributed by atoms with Gasteiger partial charge in [0.1, 0.15) is 6.42 Å². The van der Waals surface area contributed by atoms with Gasteiger partial charge in [0.15, 0.2) is 5.82 Å². The first-order valence-electron chi connectivity index (χ1n) is 6.71. The molecule has 0 saturated heterocycles. The second kappa shape index (κ2) is 8.60. The fourth-order valence-electron chi connectivity index (χ4n) is 1.88. The van der Waals surface area contributed by atoms with E-state index in [4.69, 9.17) is 5.11 Å². The molecule has 18 heavy (non-hydrogen) atoms. The first-order chi connectivity index (χ1) is 8.74. The lowest BCUT2D eigenvalue weighted by molar-refractivity contribution is -0.136. The van der Waals surface area contributed by atoms with Gasteiger partial charge in [0.2, 0.25) is 0 Å². The average molecular weight is 254 g/mol. The Bertz CT molecular complexity index is 352. The van der Waals surface area contributed by atoms with Gasteiger partial charge in [-0.25, -0.2) is 4.68 Å². The molecule has 1 aromatic rings. The molecule has 1 aromatic heterocycles. The van der Waals surface area contributed by atoms with E-state index in [9.17, 15) is 4.79 Å². The summed E-state index contributed by atoms with van der Waals surface area (Å²) in [6, 6.07) is 0. The Balaban J connectivity index is 2.15. The van der Waals surface area contributed by atoms with Crippen LogP contribution in [0.5, 0.6) is 0 Å². The average Bonchev–Trinajstić information content (AvgIpc) is 2.75. The summed E-state index contributed by atoms with van der Waals surface area (Å²) < 4.78 is 1.60. The maximum Gasteiger partial charge on any atom is 0.311 e. The highest BCUT2D eigenvalue weighted by Gasteiger charge is 2.09. The van der Waals surface area contributed by atoms with Gasteiger partial charge in [-0.3, -0.25) is 4.79 Å². The molecular weight excluding hydrogens is 232 g/mol. The predicted molar refractivity (Wildman–Crippen MR) is 67.1 cm³/mol. The van der Waals surface area contributed by atoms with Crippen LogP contribution in [0, 0.1) is 0 Å². The van der Waals surface area contributed by atoms with E-state index < -0.39 is 5.97 Å². The smallest absolute Gasteiger partial charge is 0.311 e. The number of unbranched alkanes of at least 4 members (excludes halogenated alkanes) is 6. The Morgan fingerprint density at radius 3 is 2.50 bits per heavy atom. The van der Waals surface area contributed by atoms with Crippen molar-refractivity contribution in [3.05, 3.63) is 5.82 Å². The van der Waals surface area contributed by atoms with Crippen molar-refractivity contribution in [1.29, 1.82) is 0 Å². The minimum atomic E-state index is -0.898. The Kier molecular flexibility index (Phi) is 6.98. The third-order valence-corrected chi connectivity index (χ3v) is 2.89. The number of carboxylic acid groups (broad SMARTS) is 1. The van der Waals surface area contributed by atoms with E-state index in [1.54, 1.807) is 4.68 Å². The molecule has 0 amide bonds. The summed E-state index contributed by atoms with van der Waals surface area (Å²) in [6.07, 6.45) is 8.45. The zero-order valence-corrected chi connectivity index (χ0v) is 11.0. The van der Waals surface area contributed by atoms with Crippen molar-refractivity contribution >= 4 is 5.97 Å². The quantitative estimate of drug-likeness (QED) is 0.646. The Morgan fingerprint density at radius 1 is 1.17 bits per heavy atom. The second-order valence-electron chi connectivity index (χ2n) is 4.51. The summed E-state index contributed by atoms with van der Waals surface area (Å²) in [5.41, 5.74) is 0. The van der Waals surface area contributed by atoms with Crippen molar-refractivity contribution < 1.29 is 9.90 Å². The van der Waals surface area contributed by atoms with Crippen LogP contribution in [0.25, 0.3) is 0 Å². The zero-order chi connectivity index (χ0) is 13.2. The number of rotatable bonds is 10. The Labute approximate surface area is 107 Å². The van der Waals surface area contributed by atoms with Gasteiger partial charge < -0.3 is 5.11 Å². The maximum atomic E-state index is 10.6. The van der Waals surface area contributed by atoms with Crippen molar-refractivity contribution in [1.82, 2.24) is 20.2 Å². The molecule has 102 valence electrons. The number of aliphatic carboxylic acids is 1. The molecule has 1 heterocycles. The minimum absolute atomic E-state index is 0.108. The van der Waals surface area contributed by atoms with Crippen LogP contribution < -0.4 is 0 Å². The molecule has 0 aliphatic rings. The molecular formula is C12H22N4O2. The Hall–Kier alpha value is -1.46. The standard InChI is InChI=1S/C12H22N4O2/c1-2-3-4-5-6-7-8-9-16-11(10-12(17)18)13-14-15-16/h2-10H2,1H3,(H,17,18). The summed E-state index contributed by atoms with van der Waals surface area (Å²) in [6.45, 7) is 2.92. The van der Waals surface area contributed by atoms with Gasteiger partial charge in [0.25, 0.3) is 0 Å². The summed E-state index contributed by atoms with van der Waals surface area (Å²) in [4.78, 5) is 10.6. The van der Waals surface area contributed by atoms with Crippen LogP contribution in [0.15, 0.2) is 0 Å². The molecule has 0 aliphatic carbocycles. The van der Waals surface area contributed by atoms with Crippen molar-refractivity contribution in [2.75, 3.05) is 0 Å². The van der Waals surface area contributed by atoms with Gasteiger partial charge in [0.05, 0.1) is 0 Å². The highest BCUT2D eigenvalue weighted by Crippen LogP contribution is 2.08. The lowest BCUT2D eigenvalue weighted by atomic mass is 10.1. The monoisotopic (exact) mass is 254 g/mol. The SMILES string of the molecule is CCCCCCCCCn1nnnc1CC(=O)O. The van der Waals surface area contributed by atoms with Crippen LogP contribution in [0.4, 0.5) is 0 Å². The molecule has 1 rings (SSSR count). The lowest BCUT2D eigenvalue weighted by Gasteiger charge is -2.03. The van der Waals surface area contributed by atoms with Crippen LogP contribution in [-0.2, 0) is 17.8 Å². The molecule has 6 heteroatoms. The van der Waals surface area contributed by atoms with E-state index in [-0.39, 0.29) is 6.42 Å². The fourth-order valence-corrected chi connectivity index (χ4v) is 1.88. The number of carboxylic acids is 1. The molecule has 0 saturated carbocycles. The van der Waals surface area contributed by atoms with Gasteiger partial charge in [-0.2, -0.15) is 0 Å². The highest BCUT2D eigenvalue weighted by atomic mass is 16.4. The van der Waals surface area contributed by atoms with E-state index in [1.807, 2.05) is 0 Å². The third kappa shape index (κ3) is 5.75. The van der Waals surface area contributed by atoms with Gasteiger partial charge >= 0.3 is 5.97 Å². The van der Waals surface area contributed by atoms with Crippen LogP contribution in [-0.4, -0.2) is 31.3 Å². The van der Waals surface area contributed by atoms with Crippen LogP contribution >= 0.6 is 0 Å². The number of carbonyl (C=O) groups is 1. The van der Waals surface area contributed by atoms with Gasteiger partial charge in [-0.1, -0.05) is 45.4 Å². The van der Waals surface area contributed by atoms with Crippen molar-refractivity contribution in [2.24, 2.45) is 0 Å². The van der Waals surface area contributed by atoms with Crippen LogP contribution in [0.1, 0.15) is 57.7 Å². The number of aromatic nitrogens is 4. The number of aryl methyl sites for hydroxylation is 1. The van der Waals surface area contributed by atoms with Crippen molar-refractivity contribution in [2.45, 2.75) is 64.8 Å². The summed E-state index contributed by atoms with van der Waals surface area (Å²) in [7, 11) is 0. The minimum Gasteiger partial charge on any atom is -0.481 e. The van der Waals surface area contributed by atoms with E-state index >= 15 is 0 Å². The molecule has 0 spiro atoms. The molecule has 0 radical (unpaired) electrons. The molecule has 6 nitrogen and oxygen atoms in total. The normalized spacial score (nSPS) is 10.7. The molecule has 0 fully saturated rings. The van der Waals surface area contributed by atoms with Gasteiger partial charge in [-0.05, 0) is 16.8 Å². The number of nitrogens with zero attached hydrogens (tertiary/aromatic N) is 4. The molecule has 0 aromatic carbocycles. The maximum absolute atomic E-state index is 10.6. The van der Waals surface area contributed by atoms with E-state index in [0.717, 1.165) is 12.8 Å². The highest BCUT2D eigenvalue weighted by molar-refractivity contribution is 5.68. The second-order valence-corrected chi connectivity index (χ2v) is 4.51. The fraction of sp³-hybridized carbons (Fsp3) is 0.833. The third-order valence-electron chi connectivity index (χ3n) is 2.89. The van der Waals surface area contributed by atoms with E-state index in [2.05, 4.69) is 22.4 Å². The predicted octanol–water partition coefficient (Wildman–Crippen LogP) is 2.05. The number of hydrogen-bond acceptors (Lipinski definition) is 4. The summed E-state index contributed by atoms with van der Waals surface area (Å²) in [5, 5.41) is 19.7. The van der Waals surface area contributed by atoms with Crippen LogP contribution in [0.2, 0.25) is 0 Å². The summed E-state index contributed by atoms with van der Waals surface area (Å²) >= 11 is 0. The number of tetrazole rings is 1. The molecule has 1 N–H and O–H groups in total. The van der Waals surface area contributed by atoms with Gasteiger partial charge in [0, 0.05) is 6.54 Å². The largest absolute Gasteiger partial charge is 0.481 e. The molecule has 0 aliphatic heterocycles. The first kappa shape index (κ1) is 14.6. The van der Waals surface area contributed by atoms with Crippen LogP contribution in [0.3, 0.4) is 0 Å². The summed E-state index contributed by atoms with van der Waals surface area (Å²) in [5.74, 6) is -0.459. The zero-order valence-electron chi connectivity index (χ0n) is 11.0. The molecule has 0 atom stereocenters. The van der Waals surface area contributed by atoms with E-state index in [1.165, 1.54) is 32.1 Å². The molecule has 0 bridgehead atoms. The topological polar surface area (TPSA) is 80.9 Å². The van der Waals surface area contributed by atoms with E-state index in [0.29, 0.717) is 12.4 Å². The molecule has 0 unspecified atom stereocenters. The number of hydrogen-bond donors (Lipinski definition) is 1.